The third-order valence-electron chi connectivity index (χ3n) is 3.49. The van der Waals surface area contributed by atoms with Gasteiger partial charge in [-0.05, 0) is 24.0 Å². The average molecular weight is 298 g/mol. The number of para-hydroxylation sites is 1. The van der Waals surface area contributed by atoms with Gasteiger partial charge in [-0.3, -0.25) is 9.10 Å². The van der Waals surface area contributed by atoms with Crippen molar-refractivity contribution in [3.8, 4) is 0 Å². The van der Waals surface area contributed by atoms with E-state index < -0.39 is 16.2 Å². The van der Waals surface area contributed by atoms with Gasteiger partial charge in [0, 0.05) is 20.6 Å². The van der Waals surface area contributed by atoms with Gasteiger partial charge in [-0.2, -0.15) is 12.7 Å². The van der Waals surface area contributed by atoms with Crippen molar-refractivity contribution >= 4 is 21.9 Å². The van der Waals surface area contributed by atoms with Gasteiger partial charge in [-0.1, -0.05) is 18.2 Å². The van der Waals surface area contributed by atoms with Gasteiger partial charge >= 0.3 is 16.2 Å². The highest BCUT2D eigenvalue weighted by molar-refractivity contribution is 7.90. The van der Waals surface area contributed by atoms with Crippen molar-refractivity contribution in [1.29, 1.82) is 0 Å². The molecule has 1 N–H and O–H groups in total. The molecule has 7 heteroatoms. The Morgan fingerprint density at radius 1 is 1.40 bits per heavy atom. The summed E-state index contributed by atoms with van der Waals surface area (Å²) >= 11 is 0. The summed E-state index contributed by atoms with van der Waals surface area (Å²) in [6.07, 6.45) is 0.531. The molecular formula is C13H18N2O4S. The van der Waals surface area contributed by atoms with E-state index in [1.54, 1.807) is 24.3 Å². The van der Waals surface area contributed by atoms with Gasteiger partial charge in [0.1, 0.15) is 0 Å². The standard InChI is InChI=1S/C13H18N2O4S/c1-14(2)20(18,19)15-8-7-10(9-13(16)17)11-5-3-4-6-12(11)15/h3-6,10H,7-9H2,1-2H3,(H,16,17). The lowest BCUT2D eigenvalue weighted by Crippen LogP contribution is -2.43. The SMILES string of the molecule is CN(C)S(=O)(=O)N1CCC(CC(=O)O)c2ccccc21. The van der Waals surface area contributed by atoms with E-state index >= 15 is 0 Å². The van der Waals surface area contributed by atoms with Crippen LogP contribution in [0.1, 0.15) is 24.3 Å². The van der Waals surface area contributed by atoms with E-state index in [2.05, 4.69) is 0 Å². The van der Waals surface area contributed by atoms with Gasteiger partial charge in [0.15, 0.2) is 0 Å². The summed E-state index contributed by atoms with van der Waals surface area (Å²) in [7, 11) is -0.571. The molecule has 0 amide bonds. The molecule has 0 bridgehead atoms. The minimum absolute atomic E-state index is 0.0207. The van der Waals surface area contributed by atoms with Crippen LogP contribution in [0.25, 0.3) is 0 Å². The number of carbonyl (C=O) groups is 1. The monoisotopic (exact) mass is 298 g/mol. The Hall–Kier alpha value is -1.60. The largest absolute Gasteiger partial charge is 0.481 e. The minimum atomic E-state index is -3.55. The molecule has 1 aliphatic heterocycles. The Labute approximate surface area is 118 Å². The molecule has 0 aliphatic carbocycles. The van der Waals surface area contributed by atoms with Crippen molar-refractivity contribution in [3.63, 3.8) is 0 Å². The van der Waals surface area contributed by atoms with Crippen molar-refractivity contribution in [2.45, 2.75) is 18.8 Å². The molecule has 1 aromatic rings. The molecular weight excluding hydrogens is 280 g/mol. The Morgan fingerprint density at radius 3 is 2.65 bits per heavy atom. The van der Waals surface area contributed by atoms with E-state index in [1.807, 2.05) is 0 Å². The van der Waals surface area contributed by atoms with Crippen molar-refractivity contribution in [1.82, 2.24) is 4.31 Å². The average Bonchev–Trinajstić information content (AvgIpc) is 2.38. The van der Waals surface area contributed by atoms with Crippen molar-refractivity contribution in [2.75, 3.05) is 24.9 Å². The van der Waals surface area contributed by atoms with Crippen LogP contribution in [0.15, 0.2) is 24.3 Å². The minimum Gasteiger partial charge on any atom is -0.481 e. The zero-order valence-corrected chi connectivity index (χ0v) is 12.3. The van der Waals surface area contributed by atoms with Crippen LogP contribution in [0.2, 0.25) is 0 Å². The maximum atomic E-state index is 12.3. The number of benzene rings is 1. The van der Waals surface area contributed by atoms with Crippen LogP contribution in [0.4, 0.5) is 5.69 Å². The van der Waals surface area contributed by atoms with Crippen LogP contribution in [0.3, 0.4) is 0 Å². The normalized spacial score (nSPS) is 18.9. The van der Waals surface area contributed by atoms with E-state index in [9.17, 15) is 13.2 Å². The molecule has 1 heterocycles. The van der Waals surface area contributed by atoms with E-state index in [0.717, 1.165) is 5.56 Å². The zero-order chi connectivity index (χ0) is 14.9. The quantitative estimate of drug-likeness (QED) is 0.908. The number of aliphatic carboxylic acids is 1. The van der Waals surface area contributed by atoms with Crippen LogP contribution in [-0.4, -0.2) is 44.4 Å². The number of nitrogens with zero attached hydrogens (tertiary/aromatic N) is 2. The van der Waals surface area contributed by atoms with Crippen molar-refractivity contribution in [2.24, 2.45) is 0 Å². The molecule has 0 saturated heterocycles. The number of fused-ring (bicyclic) bond motifs is 1. The lowest BCUT2D eigenvalue weighted by molar-refractivity contribution is -0.137. The first-order chi connectivity index (χ1) is 9.34. The summed E-state index contributed by atoms with van der Waals surface area (Å²) in [5.41, 5.74) is 1.37. The molecule has 0 aromatic heterocycles. The lowest BCUT2D eigenvalue weighted by atomic mass is 9.88. The first kappa shape index (κ1) is 14.8. The maximum absolute atomic E-state index is 12.3. The first-order valence-corrected chi connectivity index (χ1v) is 7.74. The number of anilines is 1. The number of carboxylic acid groups (broad SMARTS) is 1. The van der Waals surface area contributed by atoms with E-state index in [1.165, 1.54) is 22.7 Å². The fourth-order valence-electron chi connectivity index (χ4n) is 2.47. The summed E-state index contributed by atoms with van der Waals surface area (Å²) in [4.78, 5) is 10.9. The molecule has 0 saturated carbocycles. The number of hydrogen-bond acceptors (Lipinski definition) is 3. The molecule has 0 fully saturated rings. The number of hydrogen-bond donors (Lipinski definition) is 1. The Kier molecular flexibility index (Phi) is 4.01. The second-order valence-electron chi connectivity index (χ2n) is 5.00. The summed E-state index contributed by atoms with van der Waals surface area (Å²) < 4.78 is 27.1. The maximum Gasteiger partial charge on any atom is 0.303 e. The van der Waals surface area contributed by atoms with Crippen LogP contribution < -0.4 is 4.31 Å². The highest BCUT2D eigenvalue weighted by atomic mass is 32.2. The van der Waals surface area contributed by atoms with Crippen LogP contribution in [0, 0.1) is 0 Å². The van der Waals surface area contributed by atoms with Crippen LogP contribution in [0.5, 0.6) is 0 Å². The fourth-order valence-corrected chi connectivity index (χ4v) is 3.61. The van der Waals surface area contributed by atoms with E-state index in [4.69, 9.17) is 5.11 Å². The highest BCUT2D eigenvalue weighted by Crippen LogP contribution is 2.38. The topological polar surface area (TPSA) is 77.9 Å². The van der Waals surface area contributed by atoms with Crippen LogP contribution >= 0.6 is 0 Å². The second kappa shape index (κ2) is 5.41. The van der Waals surface area contributed by atoms with Crippen molar-refractivity contribution < 1.29 is 18.3 Å². The highest BCUT2D eigenvalue weighted by Gasteiger charge is 2.33. The number of rotatable bonds is 4. The smallest absolute Gasteiger partial charge is 0.303 e. The number of carboxylic acids is 1. The van der Waals surface area contributed by atoms with Gasteiger partial charge in [0.25, 0.3) is 0 Å². The molecule has 0 radical (unpaired) electrons. The molecule has 1 atom stereocenters. The van der Waals surface area contributed by atoms with E-state index in [0.29, 0.717) is 18.7 Å². The molecule has 0 spiro atoms. The van der Waals surface area contributed by atoms with Crippen LogP contribution in [-0.2, 0) is 15.0 Å². The second-order valence-corrected chi connectivity index (χ2v) is 7.07. The molecule has 20 heavy (non-hydrogen) atoms. The molecule has 1 unspecified atom stereocenters. The summed E-state index contributed by atoms with van der Waals surface area (Å²) in [6, 6.07) is 7.10. The zero-order valence-electron chi connectivity index (χ0n) is 11.5. The molecule has 1 aliphatic rings. The van der Waals surface area contributed by atoms with Gasteiger partial charge in [-0.15, -0.1) is 0 Å². The third-order valence-corrected chi connectivity index (χ3v) is 5.35. The summed E-state index contributed by atoms with van der Waals surface area (Å²) in [6.45, 7) is 0.301. The molecule has 1 aromatic carbocycles. The molecule has 110 valence electrons. The predicted octanol–water partition coefficient (Wildman–Crippen LogP) is 1.26. The summed E-state index contributed by atoms with van der Waals surface area (Å²) in [5, 5.41) is 8.97. The van der Waals surface area contributed by atoms with Gasteiger partial charge in [0.05, 0.1) is 12.1 Å². The Balaban J connectivity index is 2.44. The lowest BCUT2D eigenvalue weighted by Gasteiger charge is -2.35. The molecule has 2 rings (SSSR count). The molecule has 6 nitrogen and oxygen atoms in total. The van der Waals surface area contributed by atoms with Gasteiger partial charge in [0.2, 0.25) is 0 Å². The Bertz CT molecular complexity index is 613. The van der Waals surface area contributed by atoms with E-state index in [-0.39, 0.29) is 12.3 Å². The first-order valence-electron chi connectivity index (χ1n) is 6.35. The summed E-state index contributed by atoms with van der Waals surface area (Å²) in [5.74, 6) is -1.01. The van der Waals surface area contributed by atoms with Crippen molar-refractivity contribution in [3.05, 3.63) is 29.8 Å². The van der Waals surface area contributed by atoms with Gasteiger partial charge in [-0.25, -0.2) is 0 Å². The predicted molar refractivity (Wildman–Crippen MR) is 76.0 cm³/mol. The third kappa shape index (κ3) is 2.64. The Morgan fingerprint density at radius 2 is 2.05 bits per heavy atom. The van der Waals surface area contributed by atoms with Gasteiger partial charge < -0.3 is 5.11 Å². The fraction of sp³-hybridized carbons (Fsp3) is 0.462.